The van der Waals surface area contributed by atoms with Crippen LogP contribution in [-0.4, -0.2) is 22.7 Å². The zero-order valence-electron chi connectivity index (χ0n) is 14.0. The summed E-state index contributed by atoms with van der Waals surface area (Å²) in [5.74, 6) is -0.109. The molecule has 2 aromatic heterocycles. The summed E-state index contributed by atoms with van der Waals surface area (Å²) in [4.78, 5) is 37.7. The van der Waals surface area contributed by atoms with E-state index in [0.29, 0.717) is 17.3 Å². The van der Waals surface area contributed by atoms with Crippen molar-refractivity contribution in [3.8, 4) is 11.3 Å². The molecule has 0 spiro atoms. The van der Waals surface area contributed by atoms with Gasteiger partial charge in [0.05, 0.1) is 12.8 Å². The van der Waals surface area contributed by atoms with Crippen molar-refractivity contribution in [2.24, 2.45) is 0 Å². The van der Waals surface area contributed by atoms with Gasteiger partial charge in [0.1, 0.15) is 22.9 Å². The third-order valence-corrected chi connectivity index (χ3v) is 4.05. The van der Waals surface area contributed by atoms with Crippen LogP contribution in [0.4, 0.5) is 4.79 Å². The lowest BCUT2D eigenvalue weighted by molar-refractivity contribution is -0.130. The number of barbiturate groups is 1. The van der Waals surface area contributed by atoms with Gasteiger partial charge < -0.3 is 8.83 Å². The van der Waals surface area contributed by atoms with Crippen molar-refractivity contribution < 1.29 is 23.2 Å². The average Bonchev–Trinajstić information content (AvgIpc) is 3.35. The van der Waals surface area contributed by atoms with Crippen LogP contribution < -0.4 is 5.32 Å². The lowest BCUT2D eigenvalue weighted by Gasteiger charge is -2.25. The number of amides is 4. The van der Waals surface area contributed by atoms with Gasteiger partial charge >= 0.3 is 6.03 Å². The lowest BCUT2D eigenvalue weighted by atomic mass is 10.1. The molecule has 0 radical (unpaired) electrons. The zero-order chi connectivity index (χ0) is 18.8. The van der Waals surface area contributed by atoms with Gasteiger partial charge in [0.15, 0.2) is 0 Å². The molecule has 4 rings (SSSR count). The first-order chi connectivity index (χ1) is 13.1. The molecule has 134 valence electrons. The van der Waals surface area contributed by atoms with Crippen molar-refractivity contribution in [3.63, 3.8) is 0 Å². The molecule has 1 aliphatic heterocycles. The first-order valence-corrected chi connectivity index (χ1v) is 8.18. The summed E-state index contributed by atoms with van der Waals surface area (Å²) in [7, 11) is 0. The summed E-state index contributed by atoms with van der Waals surface area (Å²) in [6.45, 7) is -0.0737. The van der Waals surface area contributed by atoms with Gasteiger partial charge in [0.2, 0.25) is 0 Å². The van der Waals surface area contributed by atoms with Gasteiger partial charge in [-0.3, -0.25) is 19.8 Å². The Morgan fingerprint density at radius 2 is 1.78 bits per heavy atom. The number of carbonyl (C=O) groups excluding carboxylic acids is 3. The van der Waals surface area contributed by atoms with Crippen LogP contribution in [0.1, 0.15) is 11.5 Å². The molecule has 7 heteroatoms. The molecule has 7 nitrogen and oxygen atoms in total. The number of hydrogen-bond donors (Lipinski definition) is 1. The number of nitrogens with one attached hydrogen (secondary N) is 1. The molecule has 1 aromatic carbocycles. The smallest absolute Gasteiger partial charge is 0.331 e. The Bertz CT molecular complexity index is 1030. The van der Waals surface area contributed by atoms with Gasteiger partial charge in [0, 0.05) is 5.56 Å². The van der Waals surface area contributed by atoms with Crippen molar-refractivity contribution in [1.82, 2.24) is 10.2 Å². The third-order valence-electron chi connectivity index (χ3n) is 4.05. The van der Waals surface area contributed by atoms with Gasteiger partial charge in [-0.05, 0) is 30.3 Å². The fourth-order valence-corrected chi connectivity index (χ4v) is 2.73. The number of furan rings is 2. The van der Waals surface area contributed by atoms with E-state index in [1.807, 2.05) is 30.3 Å². The Balaban J connectivity index is 1.61. The van der Waals surface area contributed by atoms with Gasteiger partial charge in [0.25, 0.3) is 11.8 Å². The standard InChI is InChI=1S/C20H14N2O5/c23-18-16(11-14-8-9-17(27-14)13-5-2-1-3-6-13)19(24)22(20(25)21-18)12-15-7-4-10-26-15/h1-11H,12H2,(H,21,23,25). The van der Waals surface area contributed by atoms with Gasteiger partial charge in [-0.1, -0.05) is 30.3 Å². The van der Waals surface area contributed by atoms with Crippen LogP contribution in [-0.2, 0) is 16.1 Å². The number of carbonyl (C=O) groups is 3. The molecule has 0 bridgehead atoms. The van der Waals surface area contributed by atoms with Crippen LogP contribution in [0.15, 0.2) is 75.3 Å². The van der Waals surface area contributed by atoms with Crippen LogP contribution in [0.3, 0.4) is 0 Å². The van der Waals surface area contributed by atoms with E-state index in [2.05, 4.69) is 5.32 Å². The predicted molar refractivity (Wildman–Crippen MR) is 94.9 cm³/mol. The van der Waals surface area contributed by atoms with Crippen molar-refractivity contribution in [3.05, 3.63) is 78.0 Å². The molecule has 1 aliphatic rings. The predicted octanol–water partition coefficient (Wildman–Crippen LogP) is 3.20. The highest BCUT2D eigenvalue weighted by Gasteiger charge is 2.36. The minimum absolute atomic E-state index is 0.0737. The molecule has 0 aliphatic carbocycles. The van der Waals surface area contributed by atoms with E-state index in [4.69, 9.17) is 8.83 Å². The molecule has 1 saturated heterocycles. The Kier molecular flexibility index (Phi) is 4.18. The van der Waals surface area contributed by atoms with Crippen molar-refractivity contribution in [2.45, 2.75) is 6.54 Å². The number of rotatable bonds is 4. The fourth-order valence-electron chi connectivity index (χ4n) is 2.73. The summed E-state index contributed by atoms with van der Waals surface area (Å²) in [5.41, 5.74) is 0.686. The Morgan fingerprint density at radius 1 is 0.963 bits per heavy atom. The molecule has 3 heterocycles. The van der Waals surface area contributed by atoms with Crippen LogP contribution in [0.25, 0.3) is 17.4 Å². The van der Waals surface area contributed by atoms with Crippen molar-refractivity contribution in [2.75, 3.05) is 0 Å². The summed E-state index contributed by atoms with van der Waals surface area (Å²) in [6.07, 6.45) is 2.77. The van der Waals surface area contributed by atoms with E-state index in [0.717, 1.165) is 10.5 Å². The van der Waals surface area contributed by atoms with Crippen LogP contribution in [0, 0.1) is 0 Å². The molecular formula is C20H14N2O5. The minimum atomic E-state index is -0.789. The Hall–Kier alpha value is -3.87. The van der Waals surface area contributed by atoms with Crippen LogP contribution in [0.2, 0.25) is 0 Å². The highest BCUT2D eigenvalue weighted by molar-refractivity contribution is 6.30. The maximum Gasteiger partial charge on any atom is 0.331 e. The molecule has 3 aromatic rings. The number of benzene rings is 1. The van der Waals surface area contributed by atoms with Gasteiger partial charge in [-0.25, -0.2) is 4.79 Å². The number of imide groups is 2. The molecule has 27 heavy (non-hydrogen) atoms. The molecular weight excluding hydrogens is 348 g/mol. The molecule has 1 N–H and O–H groups in total. The molecule has 0 saturated carbocycles. The lowest BCUT2D eigenvalue weighted by Crippen LogP contribution is -2.53. The molecule has 0 atom stereocenters. The quantitative estimate of drug-likeness (QED) is 0.568. The average molecular weight is 362 g/mol. The zero-order valence-corrected chi connectivity index (χ0v) is 14.0. The second-order valence-electron chi connectivity index (χ2n) is 5.86. The van der Waals surface area contributed by atoms with E-state index in [-0.39, 0.29) is 12.1 Å². The van der Waals surface area contributed by atoms with E-state index < -0.39 is 17.8 Å². The van der Waals surface area contributed by atoms with E-state index in [1.54, 1.807) is 24.3 Å². The summed E-state index contributed by atoms with van der Waals surface area (Å²) < 4.78 is 10.9. The molecule has 1 fully saturated rings. The summed E-state index contributed by atoms with van der Waals surface area (Å²) in [6, 6.07) is 15.3. The second-order valence-corrected chi connectivity index (χ2v) is 5.86. The van der Waals surface area contributed by atoms with Crippen molar-refractivity contribution >= 4 is 23.9 Å². The van der Waals surface area contributed by atoms with E-state index in [1.165, 1.54) is 12.3 Å². The maximum absolute atomic E-state index is 12.6. The Morgan fingerprint density at radius 3 is 2.52 bits per heavy atom. The molecule has 4 amide bonds. The highest BCUT2D eigenvalue weighted by Crippen LogP contribution is 2.24. The largest absolute Gasteiger partial charge is 0.467 e. The van der Waals surface area contributed by atoms with Crippen molar-refractivity contribution in [1.29, 1.82) is 0 Å². The van der Waals surface area contributed by atoms with E-state index in [9.17, 15) is 14.4 Å². The van der Waals surface area contributed by atoms with Crippen LogP contribution in [0.5, 0.6) is 0 Å². The third kappa shape index (κ3) is 3.30. The number of hydrogen-bond acceptors (Lipinski definition) is 5. The topological polar surface area (TPSA) is 92.8 Å². The van der Waals surface area contributed by atoms with Crippen LogP contribution >= 0.6 is 0 Å². The molecule has 0 unspecified atom stereocenters. The maximum atomic E-state index is 12.6. The monoisotopic (exact) mass is 362 g/mol. The minimum Gasteiger partial charge on any atom is -0.467 e. The highest BCUT2D eigenvalue weighted by atomic mass is 16.3. The SMILES string of the molecule is O=C1NC(=O)N(Cc2ccco2)C(=O)C1=Cc1ccc(-c2ccccc2)o1. The first-order valence-electron chi connectivity index (χ1n) is 8.18. The number of urea groups is 1. The fraction of sp³-hybridized carbons (Fsp3) is 0.0500. The van der Waals surface area contributed by atoms with Gasteiger partial charge in [-0.15, -0.1) is 0 Å². The summed E-state index contributed by atoms with van der Waals surface area (Å²) >= 11 is 0. The first kappa shape index (κ1) is 16.6. The van der Waals surface area contributed by atoms with E-state index >= 15 is 0 Å². The normalized spacial score (nSPS) is 16.1. The number of nitrogens with zero attached hydrogens (tertiary/aromatic N) is 1. The second kappa shape index (κ2) is 6.80. The summed E-state index contributed by atoms with van der Waals surface area (Å²) in [5, 5.41) is 2.16. The Labute approximate surface area is 153 Å². The van der Waals surface area contributed by atoms with Gasteiger partial charge in [-0.2, -0.15) is 0 Å².